The van der Waals surface area contributed by atoms with Gasteiger partial charge in [-0.05, 0) is 32.6 Å². The Bertz CT molecular complexity index is 263. The Morgan fingerprint density at radius 3 is 2.12 bits per heavy atom. The Morgan fingerprint density at radius 1 is 1.24 bits per heavy atom. The van der Waals surface area contributed by atoms with Crippen LogP contribution < -0.4 is 10.6 Å². The third-order valence-electron chi connectivity index (χ3n) is 3.03. The molecule has 7 heteroatoms. The van der Waals surface area contributed by atoms with Gasteiger partial charge in [-0.3, -0.25) is 0 Å². The second kappa shape index (κ2) is 5.57. The van der Waals surface area contributed by atoms with E-state index < -0.39 is 18.3 Å². The summed E-state index contributed by atoms with van der Waals surface area (Å²) in [4.78, 5) is 10.4. The van der Waals surface area contributed by atoms with Crippen molar-refractivity contribution in [2.24, 2.45) is 0 Å². The molecule has 1 saturated carbocycles. The van der Waals surface area contributed by atoms with E-state index in [-0.39, 0.29) is 12.1 Å². The number of hydrogen-bond acceptors (Lipinski definition) is 2. The molecule has 0 spiro atoms. The van der Waals surface area contributed by atoms with Crippen LogP contribution in [-0.2, 0) is 0 Å². The molecule has 0 radical (unpaired) electrons. The summed E-state index contributed by atoms with van der Waals surface area (Å²) >= 11 is 0. The molecule has 1 atom stereocenters. The lowest BCUT2D eigenvalue weighted by atomic mass is 9.91. The minimum Gasteiger partial charge on any atom is -0.465 e. The van der Waals surface area contributed by atoms with E-state index in [1.54, 1.807) is 0 Å². The number of halogens is 3. The van der Waals surface area contributed by atoms with Crippen molar-refractivity contribution in [3.63, 3.8) is 0 Å². The van der Waals surface area contributed by atoms with Crippen LogP contribution in [0.3, 0.4) is 0 Å². The van der Waals surface area contributed by atoms with Gasteiger partial charge in [-0.15, -0.1) is 0 Å². The molecule has 100 valence electrons. The van der Waals surface area contributed by atoms with Gasteiger partial charge in [0, 0.05) is 12.1 Å². The predicted molar refractivity (Wildman–Crippen MR) is 55.9 cm³/mol. The molecule has 1 aliphatic rings. The topological polar surface area (TPSA) is 61.4 Å². The average Bonchev–Trinajstić information content (AvgIpc) is 2.18. The lowest BCUT2D eigenvalue weighted by Crippen LogP contribution is -2.48. The minimum atomic E-state index is -4.23. The summed E-state index contributed by atoms with van der Waals surface area (Å²) in [6.45, 7) is 1.10. The van der Waals surface area contributed by atoms with Crippen molar-refractivity contribution in [3.05, 3.63) is 0 Å². The Labute approximate surface area is 97.6 Å². The highest BCUT2D eigenvalue weighted by Gasteiger charge is 2.37. The van der Waals surface area contributed by atoms with Crippen LogP contribution in [0.15, 0.2) is 0 Å². The van der Waals surface area contributed by atoms with E-state index in [0.717, 1.165) is 6.92 Å². The van der Waals surface area contributed by atoms with Crippen LogP contribution in [0, 0.1) is 0 Å². The summed E-state index contributed by atoms with van der Waals surface area (Å²) in [5.74, 6) is 0. The summed E-state index contributed by atoms with van der Waals surface area (Å²) in [7, 11) is 0. The number of alkyl halides is 3. The zero-order valence-corrected chi connectivity index (χ0v) is 9.55. The molecule has 4 nitrogen and oxygen atoms in total. The third kappa shape index (κ3) is 4.80. The monoisotopic (exact) mass is 254 g/mol. The van der Waals surface area contributed by atoms with Gasteiger partial charge >= 0.3 is 12.3 Å². The number of rotatable bonds is 3. The molecule has 0 heterocycles. The molecule has 1 unspecified atom stereocenters. The first kappa shape index (κ1) is 14.1. The van der Waals surface area contributed by atoms with E-state index in [1.165, 1.54) is 0 Å². The maximum atomic E-state index is 12.3. The highest BCUT2D eigenvalue weighted by Crippen LogP contribution is 2.24. The summed E-state index contributed by atoms with van der Waals surface area (Å²) in [5, 5.41) is 13.4. The van der Waals surface area contributed by atoms with Crippen molar-refractivity contribution in [3.8, 4) is 0 Å². The molecule has 0 bridgehead atoms. The van der Waals surface area contributed by atoms with Crippen molar-refractivity contribution < 1.29 is 23.1 Å². The molecule has 1 amide bonds. The number of nitrogens with one attached hydrogen (secondary N) is 2. The molecule has 0 saturated heterocycles. The lowest BCUT2D eigenvalue weighted by molar-refractivity contribution is -0.153. The number of carbonyl (C=O) groups is 1. The van der Waals surface area contributed by atoms with Gasteiger partial charge < -0.3 is 15.7 Å². The zero-order valence-electron chi connectivity index (χ0n) is 9.55. The zero-order chi connectivity index (χ0) is 13.1. The molecule has 0 aromatic heterocycles. The van der Waals surface area contributed by atoms with Crippen LogP contribution >= 0.6 is 0 Å². The standard InChI is InChI=1S/C10H17F3N2O2/c1-6(10(11,12)13)14-7-2-4-8(5-3-7)15-9(16)17/h6-8,14-15H,2-5H2,1H3,(H,16,17)/t6?,7-,8-. The van der Waals surface area contributed by atoms with Gasteiger partial charge in [-0.25, -0.2) is 4.79 Å². The van der Waals surface area contributed by atoms with Gasteiger partial charge in [0.1, 0.15) is 6.04 Å². The highest BCUT2D eigenvalue weighted by atomic mass is 19.4. The second-order valence-corrected chi connectivity index (χ2v) is 4.43. The smallest absolute Gasteiger partial charge is 0.404 e. The Balaban J connectivity index is 2.30. The van der Waals surface area contributed by atoms with Crippen molar-refractivity contribution >= 4 is 6.09 Å². The molecule has 0 aliphatic heterocycles. The van der Waals surface area contributed by atoms with Crippen molar-refractivity contribution in [1.29, 1.82) is 0 Å². The van der Waals surface area contributed by atoms with E-state index in [2.05, 4.69) is 10.6 Å². The number of amides is 1. The van der Waals surface area contributed by atoms with Crippen molar-refractivity contribution in [2.45, 2.75) is 56.9 Å². The Morgan fingerprint density at radius 2 is 1.71 bits per heavy atom. The summed E-state index contributed by atoms with van der Waals surface area (Å²) in [6, 6.07) is -1.83. The Kier molecular flexibility index (Phi) is 4.62. The second-order valence-electron chi connectivity index (χ2n) is 4.43. The molecule has 0 aromatic rings. The summed E-state index contributed by atoms with van der Waals surface area (Å²) < 4.78 is 36.9. The van der Waals surface area contributed by atoms with Gasteiger partial charge in [0.2, 0.25) is 0 Å². The first-order chi connectivity index (χ1) is 7.79. The molecule has 3 N–H and O–H groups in total. The van der Waals surface area contributed by atoms with Gasteiger partial charge in [0.15, 0.2) is 0 Å². The lowest BCUT2D eigenvalue weighted by Gasteiger charge is -2.31. The van der Waals surface area contributed by atoms with Gasteiger partial charge in [-0.1, -0.05) is 0 Å². The van der Waals surface area contributed by atoms with Crippen LogP contribution in [0.2, 0.25) is 0 Å². The number of hydrogen-bond donors (Lipinski definition) is 3. The first-order valence-electron chi connectivity index (χ1n) is 5.61. The quantitative estimate of drug-likeness (QED) is 0.722. The molecule has 1 fully saturated rings. The predicted octanol–water partition coefficient (Wildman–Crippen LogP) is 2.11. The molecule has 1 aliphatic carbocycles. The van der Waals surface area contributed by atoms with Crippen molar-refractivity contribution in [1.82, 2.24) is 10.6 Å². The van der Waals surface area contributed by atoms with E-state index in [9.17, 15) is 18.0 Å². The van der Waals surface area contributed by atoms with Gasteiger partial charge in [0.05, 0.1) is 0 Å². The van der Waals surface area contributed by atoms with Gasteiger partial charge in [-0.2, -0.15) is 13.2 Å². The fourth-order valence-electron chi connectivity index (χ4n) is 2.03. The normalized spacial score (nSPS) is 27.5. The fourth-order valence-corrected chi connectivity index (χ4v) is 2.03. The molecule has 0 aromatic carbocycles. The van der Waals surface area contributed by atoms with Crippen LogP contribution in [0.25, 0.3) is 0 Å². The van der Waals surface area contributed by atoms with E-state index in [4.69, 9.17) is 5.11 Å². The maximum Gasteiger partial charge on any atom is 0.404 e. The summed E-state index contributed by atoms with van der Waals surface area (Å²) in [5.41, 5.74) is 0. The number of carboxylic acid groups (broad SMARTS) is 1. The van der Waals surface area contributed by atoms with Crippen LogP contribution in [0.5, 0.6) is 0 Å². The SMILES string of the molecule is CC(N[C@H]1CC[C@H](NC(=O)O)CC1)C(F)(F)F. The van der Waals surface area contributed by atoms with E-state index in [0.29, 0.717) is 25.7 Å². The fraction of sp³-hybridized carbons (Fsp3) is 0.900. The largest absolute Gasteiger partial charge is 0.465 e. The van der Waals surface area contributed by atoms with Crippen LogP contribution in [0.4, 0.5) is 18.0 Å². The first-order valence-corrected chi connectivity index (χ1v) is 5.61. The molecular formula is C10H17F3N2O2. The minimum absolute atomic E-state index is 0.133. The van der Waals surface area contributed by atoms with E-state index >= 15 is 0 Å². The van der Waals surface area contributed by atoms with Crippen molar-refractivity contribution in [2.75, 3.05) is 0 Å². The Hall–Kier alpha value is -0.980. The average molecular weight is 254 g/mol. The van der Waals surface area contributed by atoms with Crippen LogP contribution in [-0.4, -0.2) is 35.5 Å². The molecular weight excluding hydrogens is 237 g/mol. The summed E-state index contributed by atoms with van der Waals surface area (Å²) in [6.07, 6.45) is -3.03. The molecule has 1 rings (SSSR count). The highest BCUT2D eigenvalue weighted by molar-refractivity contribution is 5.64. The van der Waals surface area contributed by atoms with Gasteiger partial charge in [0.25, 0.3) is 0 Å². The maximum absolute atomic E-state index is 12.3. The third-order valence-corrected chi connectivity index (χ3v) is 3.03. The van der Waals surface area contributed by atoms with Crippen LogP contribution in [0.1, 0.15) is 32.6 Å². The molecule has 17 heavy (non-hydrogen) atoms. The van der Waals surface area contributed by atoms with E-state index in [1.807, 2.05) is 0 Å².